The van der Waals surface area contributed by atoms with E-state index in [4.69, 9.17) is 0 Å². The van der Waals surface area contributed by atoms with Gasteiger partial charge in [0.05, 0.1) is 6.20 Å². The summed E-state index contributed by atoms with van der Waals surface area (Å²) in [6.45, 7) is 2.07. The molecule has 8 heteroatoms. The van der Waals surface area contributed by atoms with E-state index in [2.05, 4.69) is 24.7 Å². The topological polar surface area (TPSA) is 104 Å². The van der Waals surface area contributed by atoms with Crippen molar-refractivity contribution in [1.29, 1.82) is 0 Å². The van der Waals surface area contributed by atoms with Crippen molar-refractivity contribution in [3.05, 3.63) is 30.2 Å². The van der Waals surface area contributed by atoms with Crippen LogP contribution in [0, 0.1) is 6.92 Å². The van der Waals surface area contributed by atoms with Gasteiger partial charge in [-0.2, -0.15) is 0 Å². The van der Waals surface area contributed by atoms with Gasteiger partial charge >= 0.3 is 0 Å². The van der Waals surface area contributed by atoms with Gasteiger partial charge in [-0.05, 0) is 13.3 Å². The molecule has 7 nitrogen and oxygen atoms in total. The van der Waals surface area contributed by atoms with Crippen LogP contribution in [0.2, 0.25) is 0 Å². The van der Waals surface area contributed by atoms with Crippen LogP contribution >= 0.6 is 0 Å². The maximum absolute atomic E-state index is 11.8. The van der Waals surface area contributed by atoms with E-state index in [-0.39, 0.29) is 5.03 Å². The second-order valence-corrected chi connectivity index (χ2v) is 5.61. The molecular formula is C10H15N5O2S. The Kier molecular flexibility index (Phi) is 3.78. The Morgan fingerprint density at radius 2 is 2.22 bits per heavy atom. The van der Waals surface area contributed by atoms with Crippen LogP contribution in [0.4, 0.5) is 0 Å². The van der Waals surface area contributed by atoms with E-state index in [1.165, 1.54) is 6.20 Å². The van der Waals surface area contributed by atoms with Crippen LogP contribution in [0.5, 0.6) is 0 Å². The Hall–Kier alpha value is -1.67. The third-order valence-corrected chi connectivity index (χ3v) is 3.78. The Morgan fingerprint density at radius 3 is 2.83 bits per heavy atom. The van der Waals surface area contributed by atoms with Crippen molar-refractivity contribution in [1.82, 2.24) is 24.7 Å². The van der Waals surface area contributed by atoms with E-state index in [1.807, 2.05) is 0 Å². The molecule has 2 rings (SSSR count). The largest absolute Gasteiger partial charge is 0.349 e. The minimum absolute atomic E-state index is 0.0954. The lowest BCUT2D eigenvalue weighted by Crippen LogP contribution is -2.25. The molecule has 0 saturated heterocycles. The number of nitrogens with one attached hydrogen (secondary N) is 3. The van der Waals surface area contributed by atoms with E-state index >= 15 is 0 Å². The molecule has 0 atom stereocenters. The number of nitrogens with zero attached hydrogens (tertiary/aromatic N) is 2. The minimum Gasteiger partial charge on any atom is -0.349 e. The van der Waals surface area contributed by atoms with Crippen molar-refractivity contribution in [3.63, 3.8) is 0 Å². The number of rotatable bonds is 6. The van der Waals surface area contributed by atoms with Crippen LogP contribution in [0.3, 0.4) is 0 Å². The summed E-state index contributed by atoms with van der Waals surface area (Å²) < 4.78 is 26.1. The Labute approximate surface area is 105 Å². The van der Waals surface area contributed by atoms with Crippen LogP contribution in [0.15, 0.2) is 23.6 Å². The Bertz CT molecular complexity index is 588. The fourth-order valence-electron chi connectivity index (χ4n) is 1.51. The Balaban J connectivity index is 1.82. The van der Waals surface area contributed by atoms with Crippen molar-refractivity contribution >= 4 is 10.0 Å². The van der Waals surface area contributed by atoms with Crippen molar-refractivity contribution in [2.24, 2.45) is 0 Å². The molecule has 0 amide bonds. The first-order valence-electron chi connectivity index (χ1n) is 5.57. The molecule has 2 aromatic heterocycles. The number of H-pyrrole nitrogens is 2. The van der Waals surface area contributed by atoms with Gasteiger partial charge in [0.25, 0.3) is 10.0 Å². The molecule has 0 bridgehead atoms. The summed E-state index contributed by atoms with van der Waals surface area (Å²) in [7, 11) is -3.48. The SMILES string of the molecule is Cc1ncc(S(=O)(=O)NCCCc2ncc[nH]2)[nH]1. The summed E-state index contributed by atoms with van der Waals surface area (Å²) in [5, 5.41) is 0.0954. The summed E-state index contributed by atoms with van der Waals surface area (Å²) in [5.74, 6) is 1.43. The molecule has 18 heavy (non-hydrogen) atoms. The lowest BCUT2D eigenvalue weighted by Gasteiger charge is -2.03. The third kappa shape index (κ3) is 3.17. The van der Waals surface area contributed by atoms with Gasteiger partial charge in [-0.25, -0.2) is 23.1 Å². The fraction of sp³-hybridized carbons (Fsp3) is 0.400. The lowest BCUT2D eigenvalue weighted by molar-refractivity contribution is 0.575. The molecule has 2 aromatic rings. The highest BCUT2D eigenvalue weighted by atomic mass is 32.2. The average molecular weight is 269 g/mol. The van der Waals surface area contributed by atoms with Crippen LogP contribution in [-0.2, 0) is 16.4 Å². The molecule has 0 aromatic carbocycles. The molecule has 0 unspecified atom stereocenters. The number of aromatic nitrogens is 4. The summed E-state index contributed by atoms with van der Waals surface area (Å²) in [6, 6.07) is 0. The molecule has 2 heterocycles. The van der Waals surface area contributed by atoms with Gasteiger partial charge in [0, 0.05) is 25.4 Å². The number of aryl methyl sites for hydroxylation is 2. The number of hydrogen-bond donors (Lipinski definition) is 3. The second-order valence-electron chi connectivity index (χ2n) is 3.87. The van der Waals surface area contributed by atoms with Gasteiger partial charge in [-0.15, -0.1) is 0 Å². The van der Waals surface area contributed by atoms with Crippen molar-refractivity contribution < 1.29 is 8.42 Å². The first-order chi connectivity index (χ1) is 8.58. The number of hydrogen-bond acceptors (Lipinski definition) is 4. The molecule has 0 saturated carbocycles. The first kappa shape index (κ1) is 12.8. The zero-order valence-corrected chi connectivity index (χ0v) is 10.8. The van der Waals surface area contributed by atoms with Crippen LogP contribution in [-0.4, -0.2) is 34.9 Å². The molecule has 0 radical (unpaired) electrons. The van der Waals surface area contributed by atoms with E-state index in [9.17, 15) is 8.42 Å². The standard InChI is InChI=1S/C10H15N5O2S/c1-8-13-7-10(15-8)18(16,17)14-4-2-3-9-11-5-6-12-9/h5-7,14H,2-4H2,1H3,(H,11,12)(H,13,15). The molecule has 0 aliphatic carbocycles. The summed E-state index contributed by atoms with van der Waals surface area (Å²) in [6.07, 6.45) is 6.11. The highest BCUT2D eigenvalue weighted by molar-refractivity contribution is 7.89. The monoisotopic (exact) mass is 269 g/mol. The molecule has 3 N–H and O–H groups in total. The van der Waals surface area contributed by atoms with Crippen LogP contribution in [0.1, 0.15) is 18.1 Å². The fourth-order valence-corrected chi connectivity index (χ4v) is 2.55. The van der Waals surface area contributed by atoms with Crippen molar-refractivity contribution in [2.75, 3.05) is 6.54 Å². The molecule has 0 aliphatic rings. The smallest absolute Gasteiger partial charge is 0.257 e. The van der Waals surface area contributed by atoms with Gasteiger partial charge in [0.2, 0.25) is 0 Å². The lowest BCUT2D eigenvalue weighted by atomic mass is 10.3. The number of aromatic amines is 2. The highest BCUT2D eigenvalue weighted by Gasteiger charge is 2.15. The van der Waals surface area contributed by atoms with E-state index in [1.54, 1.807) is 19.3 Å². The highest BCUT2D eigenvalue weighted by Crippen LogP contribution is 2.04. The normalized spacial score (nSPS) is 11.8. The third-order valence-electron chi connectivity index (χ3n) is 2.41. The minimum atomic E-state index is -3.48. The van der Waals surface area contributed by atoms with Gasteiger partial charge in [0.15, 0.2) is 5.03 Å². The number of sulfonamides is 1. The van der Waals surface area contributed by atoms with Gasteiger partial charge in [-0.3, -0.25) is 0 Å². The Morgan fingerprint density at radius 1 is 1.39 bits per heavy atom. The van der Waals surface area contributed by atoms with Crippen LogP contribution < -0.4 is 4.72 Å². The van der Waals surface area contributed by atoms with E-state index in [0.717, 1.165) is 5.82 Å². The average Bonchev–Trinajstić information content (AvgIpc) is 2.95. The van der Waals surface area contributed by atoms with Crippen molar-refractivity contribution in [3.8, 4) is 0 Å². The zero-order valence-electron chi connectivity index (χ0n) is 9.97. The van der Waals surface area contributed by atoms with Gasteiger partial charge in [-0.1, -0.05) is 0 Å². The molecule has 0 spiro atoms. The predicted octanol–water partition coefficient (Wildman–Crippen LogP) is 0.352. The predicted molar refractivity (Wildman–Crippen MR) is 65.4 cm³/mol. The van der Waals surface area contributed by atoms with E-state index in [0.29, 0.717) is 25.2 Å². The zero-order chi connectivity index (χ0) is 13.0. The van der Waals surface area contributed by atoms with Crippen LogP contribution in [0.25, 0.3) is 0 Å². The maximum atomic E-state index is 11.8. The number of imidazole rings is 2. The first-order valence-corrected chi connectivity index (χ1v) is 7.06. The summed E-state index contributed by atoms with van der Waals surface area (Å²) in [4.78, 5) is 13.6. The van der Waals surface area contributed by atoms with Gasteiger partial charge < -0.3 is 9.97 Å². The maximum Gasteiger partial charge on any atom is 0.257 e. The molecular weight excluding hydrogens is 254 g/mol. The van der Waals surface area contributed by atoms with Crippen molar-refractivity contribution in [2.45, 2.75) is 24.8 Å². The summed E-state index contributed by atoms with van der Waals surface area (Å²) >= 11 is 0. The molecule has 0 aliphatic heterocycles. The van der Waals surface area contributed by atoms with Gasteiger partial charge in [0.1, 0.15) is 11.6 Å². The molecule has 98 valence electrons. The summed E-state index contributed by atoms with van der Waals surface area (Å²) in [5.41, 5.74) is 0. The molecule has 0 fully saturated rings. The second kappa shape index (κ2) is 5.32. The van der Waals surface area contributed by atoms with E-state index < -0.39 is 10.0 Å². The quantitative estimate of drug-likeness (QED) is 0.658.